The molecule has 0 aliphatic carbocycles. The highest BCUT2D eigenvalue weighted by Gasteiger charge is 2.32. The van der Waals surface area contributed by atoms with Crippen LogP contribution in [0.4, 0.5) is 26.3 Å². The van der Waals surface area contributed by atoms with Crippen molar-refractivity contribution in [1.29, 1.82) is 0 Å². The number of amides is 1. The third-order valence-electron chi connectivity index (χ3n) is 7.44. The van der Waals surface area contributed by atoms with Gasteiger partial charge in [0, 0.05) is 35.5 Å². The molecule has 4 rings (SSSR count). The smallest absolute Gasteiger partial charge is 0.416 e. The minimum absolute atomic E-state index is 0.0338. The van der Waals surface area contributed by atoms with Crippen LogP contribution in [0, 0.1) is 5.92 Å². The number of Topliss-reactive ketones (excluding diaryl/α,β-unsaturated/α-hetero) is 1. The standard InChI is InChI=1S/C33H30F6N2O4/c1-2-3-24(16-20-4-8-22(9-5-20)31(45)40-15-14-29(42)43)30(44)28-17-23-10-13-26(33(37,38)39)18-27(23)41(28)19-21-6-11-25(12-7-21)32(34,35)36/h4-13,17-18,24H,2-3,14-16,19H2,1H3,(H,40,45)(H,42,43). The normalized spacial score (nSPS) is 12.7. The molecule has 1 aromatic heterocycles. The van der Waals surface area contributed by atoms with E-state index in [2.05, 4.69) is 5.32 Å². The number of hydrogen-bond acceptors (Lipinski definition) is 3. The maximum Gasteiger partial charge on any atom is 0.416 e. The minimum Gasteiger partial charge on any atom is -0.481 e. The fraction of sp³-hybridized carbons (Fsp3) is 0.303. The van der Waals surface area contributed by atoms with Gasteiger partial charge in [0.2, 0.25) is 0 Å². The van der Waals surface area contributed by atoms with E-state index in [0.29, 0.717) is 29.4 Å². The number of fused-ring (bicyclic) bond motifs is 1. The molecule has 6 nitrogen and oxygen atoms in total. The molecule has 0 aliphatic heterocycles. The average molecular weight is 633 g/mol. The van der Waals surface area contributed by atoms with Crippen LogP contribution in [0.5, 0.6) is 0 Å². The number of carboxylic acid groups (broad SMARTS) is 1. The number of aliphatic carboxylic acids is 1. The van der Waals surface area contributed by atoms with Crippen molar-refractivity contribution in [3.8, 4) is 0 Å². The Morgan fingerprint density at radius 3 is 2.00 bits per heavy atom. The average Bonchev–Trinajstić information content (AvgIpc) is 3.33. The lowest BCUT2D eigenvalue weighted by Gasteiger charge is -2.18. The molecule has 0 saturated carbocycles. The maximum atomic E-state index is 14.0. The van der Waals surface area contributed by atoms with Crippen LogP contribution in [0.15, 0.2) is 72.8 Å². The number of benzene rings is 3. The van der Waals surface area contributed by atoms with Gasteiger partial charge in [0.05, 0.1) is 23.2 Å². The van der Waals surface area contributed by atoms with Crippen molar-refractivity contribution < 1.29 is 45.8 Å². The summed E-state index contributed by atoms with van der Waals surface area (Å²) in [5.41, 5.74) is -0.118. The molecule has 1 amide bonds. The van der Waals surface area contributed by atoms with Gasteiger partial charge in [-0.2, -0.15) is 26.3 Å². The highest BCUT2D eigenvalue weighted by molar-refractivity contribution is 6.01. The topological polar surface area (TPSA) is 88.4 Å². The molecule has 3 aromatic carbocycles. The van der Waals surface area contributed by atoms with Crippen molar-refractivity contribution in [2.24, 2.45) is 5.92 Å². The second kappa shape index (κ2) is 13.6. The summed E-state index contributed by atoms with van der Waals surface area (Å²) in [5.74, 6) is -2.40. The third kappa shape index (κ3) is 8.31. The lowest BCUT2D eigenvalue weighted by Crippen LogP contribution is -2.26. The predicted octanol–water partition coefficient (Wildman–Crippen LogP) is 7.77. The minimum atomic E-state index is -4.65. The summed E-state index contributed by atoms with van der Waals surface area (Å²) in [5, 5.41) is 11.6. The van der Waals surface area contributed by atoms with Crippen LogP contribution in [0.25, 0.3) is 10.9 Å². The van der Waals surface area contributed by atoms with E-state index >= 15 is 0 Å². The van der Waals surface area contributed by atoms with E-state index in [1.54, 1.807) is 24.3 Å². The molecule has 1 unspecified atom stereocenters. The molecule has 12 heteroatoms. The number of halogens is 6. The van der Waals surface area contributed by atoms with Gasteiger partial charge in [0.15, 0.2) is 5.78 Å². The fourth-order valence-corrected chi connectivity index (χ4v) is 5.13. The fourth-order valence-electron chi connectivity index (χ4n) is 5.13. The van der Waals surface area contributed by atoms with Crippen LogP contribution in [0.2, 0.25) is 0 Å². The van der Waals surface area contributed by atoms with Gasteiger partial charge < -0.3 is 15.0 Å². The first-order chi connectivity index (χ1) is 21.2. The summed E-state index contributed by atoms with van der Waals surface area (Å²) in [7, 11) is 0. The Labute approximate surface area is 254 Å². The van der Waals surface area contributed by atoms with E-state index in [0.717, 1.165) is 29.8 Å². The van der Waals surface area contributed by atoms with Crippen molar-refractivity contribution in [2.75, 3.05) is 6.54 Å². The first kappa shape index (κ1) is 33.3. The number of nitrogens with zero attached hydrogens (tertiary/aromatic N) is 1. The summed E-state index contributed by atoms with van der Waals surface area (Å²) in [4.78, 5) is 37.0. The zero-order valence-corrected chi connectivity index (χ0v) is 24.1. The zero-order chi connectivity index (χ0) is 32.9. The van der Waals surface area contributed by atoms with E-state index in [9.17, 15) is 40.7 Å². The van der Waals surface area contributed by atoms with Gasteiger partial charge in [-0.25, -0.2) is 0 Å². The molecule has 4 aromatic rings. The molecule has 0 aliphatic rings. The highest BCUT2D eigenvalue weighted by Crippen LogP contribution is 2.34. The van der Waals surface area contributed by atoms with Crippen LogP contribution in [0.1, 0.15) is 69.3 Å². The Kier molecular flexibility index (Phi) is 10.0. The molecule has 2 N–H and O–H groups in total. The molecular weight excluding hydrogens is 602 g/mol. The summed E-state index contributed by atoms with van der Waals surface area (Å²) in [6.07, 6.45) is -8.09. The number of rotatable bonds is 12. The molecular formula is C33H30F6N2O4. The lowest BCUT2D eigenvalue weighted by molar-refractivity contribution is -0.138. The lowest BCUT2D eigenvalue weighted by atomic mass is 9.89. The third-order valence-corrected chi connectivity index (χ3v) is 7.44. The number of ketones is 1. The largest absolute Gasteiger partial charge is 0.481 e. The second-order valence-electron chi connectivity index (χ2n) is 10.7. The molecule has 0 fully saturated rings. The second-order valence-corrected chi connectivity index (χ2v) is 10.7. The van der Waals surface area contributed by atoms with E-state index < -0.39 is 41.3 Å². The molecule has 1 atom stereocenters. The zero-order valence-electron chi connectivity index (χ0n) is 24.1. The molecule has 1 heterocycles. The number of nitrogens with one attached hydrogen (secondary N) is 1. The highest BCUT2D eigenvalue weighted by atomic mass is 19.4. The Balaban J connectivity index is 1.66. The van der Waals surface area contributed by atoms with Gasteiger partial charge in [-0.05, 0) is 66.4 Å². The monoisotopic (exact) mass is 632 g/mol. The molecule has 0 bridgehead atoms. The molecule has 45 heavy (non-hydrogen) atoms. The predicted molar refractivity (Wildman–Crippen MR) is 155 cm³/mol. The van der Waals surface area contributed by atoms with E-state index in [1.807, 2.05) is 6.92 Å². The first-order valence-corrected chi connectivity index (χ1v) is 14.2. The van der Waals surface area contributed by atoms with Crippen molar-refractivity contribution in [2.45, 2.75) is 51.5 Å². The summed E-state index contributed by atoms with van der Waals surface area (Å²) < 4.78 is 81.6. The number of carboxylic acids is 1. The van der Waals surface area contributed by atoms with Crippen molar-refractivity contribution in [3.05, 3.63) is 106 Å². The van der Waals surface area contributed by atoms with E-state index in [1.165, 1.54) is 28.8 Å². The van der Waals surface area contributed by atoms with Crippen LogP contribution >= 0.6 is 0 Å². The van der Waals surface area contributed by atoms with Gasteiger partial charge in [0.25, 0.3) is 5.91 Å². The van der Waals surface area contributed by atoms with Crippen LogP contribution in [-0.4, -0.2) is 33.9 Å². The van der Waals surface area contributed by atoms with Crippen molar-refractivity contribution >= 4 is 28.6 Å². The Morgan fingerprint density at radius 2 is 1.42 bits per heavy atom. The summed E-state index contributed by atoms with van der Waals surface area (Å²) >= 11 is 0. The van der Waals surface area contributed by atoms with Crippen molar-refractivity contribution in [1.82, 2.24) is 9.88 Å². The van der Waals surface area contributed by atoms with Crippen LogP contribution < -0.4 is 5.32 Å². The van der Waals surface area contributed by atoms with Crippen LogP contribution in [0.3, 0.4) is 0 Å². The van der Waals surface area contributed by atoms with Gasteiger partial charge in [0.1, 0.15) is 0 Å². The number of alkyl halides is 6. The number of hydrogen-bond donors (Lipinski definition) is 2. The maximum absolute atomic E-state index is 14.0. The van der Waals surface area contributed by atoms with E-state index in [-0.39, 0.29) is 42.9 Å². The Morgan fingerprint density at radius 1 is 0.822 bits per heavy atom. The van der Waals surface area contributed by atoms with Gasteiger partial charge >= 0.3 is 18.3 Å². The van der Waals surface area contributed by atoms with Crippen LogP contribution in [-0.2, 0) is 30.1 Å². The molecule has 0 saturated heterocycles. The van der Waals surface area contributed by atoms with E-state index in [4.69, 9.17) is 5.11 Å². The van der Waals surface area contributed by atoms with Gasteiger partial charge in [-0.1, -0.05) is 43.7 Å². The van der Waals surface area contributed by atoms with Gasteiger partial charge in [-0.15, -0.1) is 0 Å². The first-order valence-electron chi connectivity index (χ1n) is 14.2. The summed E-state index contributed by atoms with van der Waals surface area (Å²) in [6.45, 7) is 1.72. The van der Waals surface area contributed by atoms with Crippen molar-refractivity contribution in [3.63, 3.8) is 0 Å². The molecule has 238 valence electrons. The SMILES string of the molecule is CCCC(Cc1ccc(C(=O)NCCC(=O)O)cc1)C(=O)c1cc2ccc(C(F)(F)F)cc2n1Cc1ccc(C(F)(F)F)cc1. The molecule has 0 radical (unpaired) electrons. The number of aromatic nitrogens is 1. The number of carbonyl (C=O) groups is 3. The Hall–Kier alpha value is -4.61. The number of carbonyl (C=O) groups excluding carboxylic acids is 2. The molecule has 0 spiro atoms. The Bertz CT molecular complexity index is 1670. The van der Waals surface area contributed by atoms with Gasteiger partial charge in [-0.3, -0.25) is 14.4 Å². The summed E-state index contributed by atoms with van der Waals surface area (Å²) in [6, 6.07) is 15.3. The quantitative estimate of drug-likeness (QED) is 0.123.